The molecule has 0 aromatic rings. The molecule has 0 saturated heterocycles. The summed E-state index contributed by atoms with van der Waals surface area (Å²) in [6.07, 6.45) is 4.48. The Kier molecular flexibility index (Phi) is 4.16. The maximum absolute atomic E-state index is 12.3. The standard InChI is InChI=1S/C15H24O4/c1-4-18-13(16)15(3,14(17)19-5-2)12-9-10-6-7-11(12)8-10/h10-12H,4-9H2,1-3H3. The van der Waals surface area contributed by atoms with Gasteiger partial charge in [-0.05, 0) is 57.8 Å². The third kappa shape index (κ3) is 2.37. The smallest absolute Gasteiger partial charge is 0.323 e. The second kappa shape index (κ2) is 5.51. The van der Waals surface area contributed by atoms with Crippen molar-refractivity contribution >= 4 is 11.9 Å². The van der Waals surface area contributed by atoms with E-state index in [1.165, 1.54) is 6.42 Å². The number of hydrogen-bond donors (Lipinski definition) is 0. The summed E-state index contributed by atoms with van der Waals surface area (Å²) in [6, 6.07) is 0. The molecule has 4 heteroatoms. The Morgan fingerprint density at radius 2 is 1.63 bits per heavy atom. The molecule has 2 bridgehead atoms. The van der Waals surface area contributed by atoms with Crippen LogP contribution >= 0.6 is 0 Å². The average molecular weight is 268 g/mol. The molecule has 0 N–H and O–H groups in total. The van der Waals surface area contributed by atoms with E-state index >= 15 is 0 Å². The molecule has 0 heterocycles. The zero-order valence-electron chi connectivity index (χ0n) is 12.1. The van der Waals surface area contributed by atoms with Crippen molar-refractivity contribution in [2.45, 2.75) is 46.5 Å². The average Bonchev–Trinajstić information content (AvgIpc) is 3.00. The van der Waals surface area contributed by atoms with Crippen LogP contribution < -0.4 is 0 Å². The molecule has 2 rings (SSSR count). The molecule has 3 atom stereocenters. The molecular weight excluding hydrogens is 244 g/mol. The molecule has 108 valence electrons. The number of carbonyl (C=O) groups excluding carboxylic acids is 2. The molecule has 2 fully saturated rings. The van der Waals surface area contributed by atoms with Crippen LogP contribution in [0, 0.1) is 23.2 Å². The van der Waals surface area contributed by atoms with Crippen LogP contribution in [0.1, 0.15) is 46.5 Å². The van der Waals surface area contributed by atoms with Crippen molar-refractivity contribution in [1.82, 2.24) is 0 Å². The summed E-state index contributed by atoms with van der Waals surface area (Å²) in [5.74, 6) is 0.420. The van der Waals surface area contributed by atoms with Crippen molar-refractivity contribution in [3.8, 4) is 0 Å². The summed E-state index contributed by atoms with van der Waals surface area (Å²) in [7, 11) is 0. The summed E-state index contributed by atoms with van der Waals surface area (Å²) >= 11 is 0. The highest BCUT2D eigenvalue weighted by molar-refractivity contribution is 6.00. The van der Waals surface area contributed by atoms with Crippen LogP contribution in [0.5, 0.6) is 0 Å². The van der Waals surface area contributed by atoms with E-state index in [9.17, 15) is 9.59 Å². The number of esters is 2. The van der Waals surface area contributed by atoms with E-state index < -0.39 is 17.4 Å². The fourth-order valence-corrected chi connectivity index (χ4v) is 3.90. The van der Waals surface area contributed by atoms with E-state index in [-0.39, 0.29) is 5.92 Å². The molecule has 3 unspecified atom stereocenters. The number of rotatable bonds is 5. The van der Waals surface area contributed by atoms with E-state index in [4.69, 9.17) is 9.47 Å². The maximum atomic E-state index is 12.3. The van der Waals surface area contributed by atoms with Gasteiger partial charge >= 0.3 is 11.9 Å². The molecule has 2 saturated carbocycles. The van der Waals surface area contributed by atoms with Crippen LogP contribution in [0.4, 0.5) is 0 Å². The van der Waals surface area contributed by atoms with Crippen LogP contribution in [-0.2, 0) is 19.1 Å². The summed E-state index contributed by atoms with van der Waals surface area (Å²) in [5, 5.41) is 0. The van der Waals surface area contributed by atoms with Gasteiger partial charge in [0.05, 0.1) is 13.2 Å². The Hall–Kier alpha value is -1.06. The SMILES string of the molecule is CCOC(=O)C(C)(C(=O)OCC)C1CC2CCC1C2. The maximum Gasteiger partial charge on any atom is 0.323 e. The van der Waals surface area contributed by atoms with Crippen LogP contribution in [0.15, 0.2) is 0 Å². The predicted molar refractivity (Wildman–Crippen MR) is 70.3 cm³/mol. The lowest BCUT2D eigenvalue weighted by molar-refractivity contribution is -0.176. The lowest BCUT2D eigenvalue weighted by Crippen LogP contribution is -2.47. The largest absolute Gasteiger partial charge is 0.465 e. The molecule has 0 spiro atoms. The molecule has 19 heavy (non-hydrogen) atoms. The van der Waals surface area contributed by atoms with Gasteiger partial charge in [-0.15, -0.1) is 0 Å². The monoisotopic (exact) mass is 268 g/mol. The van der Waals surface area contributed by atoms with Gasteiger partial charge in [0.2, 0.25) is 0 Å². The fourth-order valence-electron chi connectivity index (χ4n) is 3.90. The van der Waals surface area contributed by atoms with Gasteiger partial charge in [0.25, 0.3) is 0 Å². The van der Waals surface area contributed by atoms with Gasteiger partial charge in [-0.3, -0.25) is 9.59 Å². The molecule has 0 amide bonds. The summed E-state index contributed by atoms with van der Waals surface area (Å²) in [6.45, 7) is 5.85. The Bertz CT molecular complexity index is 345. The van der Waals surface area contributed by atoms with E-state index in [2.05, 4.69) is 0 Å². The topological polar surface area (TPSA) is 52.6 Å². The Morgan fingerprint density at radius 3 is 2.00 bits per heavy atom. The number of fused-ring (bicyclic) bond motifs is 2. The molecular formula is C15H24O4. The second-order valence-corrected chi connectivity index (χ2v) is 5.92. The van der Waals surface area contributed by atoms with Crippen molar-refractivity contribution in [1.29, 1.82) is 0 Å². The van der Waals surface area contributed by atoms with Crippen LogP contribution in [0.3, 0.4) is 0 Å². The number of carbonyl (C=O) groups is 2. The minimum atomic E-state index is -1.12. The quantitative estimate of drug-likeness (QED) is 0.568. The Labute approximate surface area is 114 Å². The van der Waals surface area contributed by atoms with Crippen molar-refractivity contribution in [2.24, 2.45) is 23.2 Å². The molecule has 0 aromatic carbocycles. The highest BCUT2D eigenvalue weighted by Crippen LogP contribution is 2.55. The van der Waals surface area contributed by atoms with Gasteiger partial charge in [-0.1, -0.05) is 6.42 Å². The van der Waals surface area contributed by atoms with Gasteiger partial charge in [0.15, 0.2) is 5.41 Å². The summed E-state index contributed by atoms with van der Waals surface area (Å²) < 4.78 is 10.3. The normalized spacial score (nSPS) is 29.3. The molecule has 4 nitrogen and oxygen atoms in total. The first-order valence-electron chi connectivity index (χ1n) is 7.38. The predicted octanol–water partition coefficient (Wildman–Crippen LogP) is 2.56. The van der Waals surface area contributed by atoms with Crippen LogP contribution in [0.2, 0.25) is 0 Å². The van der Waals surface area contributed by atoms with E-state index in [0.29, 0.717) is 25.0 Å². The van der Waals surface area contributed by atoms with Gasteiger partial charge < -0.3 is 9.47 Å². The molecule has 0 aromatic heterocycles. The first-order valence-corrected chi connectivity index (χ1v) is 7.38. The van der Waals surface area contributed by atoms with Crippen LogP contribution in [-0.4, -0.2) is 25.2 Å². The van der Waals surface area contributed by atoms with Gasteiger partial charge in [-0.2, -0.15) is 0 Å². The fraction of sp³-hybridized carbons (Fsp3) is 0.867. The van der Waals surface area contributed by atoms with Crippen molar-refractivity contribution in [2.75, 3.05) is 13.2 Å². The third-order valence-corrected chi connectivity index (χ3v) is 4.88. The van der Waals surface area contributed by atoms with Crippen molar-refractivity contribution < 1.29 is 19.1 Å². The molecule has 0 aliphatic heterocycles. The van der Waals surface area contributed by atoms with E-state index in [1.54, 1.807) is 20.8 Å². The van der Waals surface area contributed by atoms with Crippen LogP contribution in [0.25, 0.3) is 0 Å². The summed E-state index contributed by atoms with van der Waals surface area (Å²) in [4.78, 5) is 24.6. The van der Waals surface area contributed by atoms with Gasteiger partial charge in [0, 0.05) is 0 Å². The third-order valence-electron chi connectivity index (χ3n) is 4.88. The summed E-state index contributed by atoms with van der Waals surface area (Å²) in [5.41, 5.74) is -1.12. The molecule has 2 aliphatic carbocycles. The first kappa shape index (κ1) is 14.4. The second-order valence-electron chi connectivity index (χ2n) is 5.92. The zero-order chi connectivity index (χ0) is 14.0. The first-order chi connectivity index (χ1) is 9.03. The minimum absolute atomic E-state index is 0.0874. The highest BCUT2D eigenvalue weighted by atomic mass is 16.6. The molecule has 0 radical (unpaired) electrons. The van der Waals surface area contributed by atoms with Crippen molar-refractivity contribution in [3.63, 3.8) is 0 Å². The van der Waals surface area contributed by atoms with Gasteiger partial charge in [-0.25, -0.2) is 0 Å². The lowest BCUT2D eigenvalue weighted by atomic mass is 9.69. The zero-order valence-corrected chi connectivity index (χ0v) is 12.1. The molecule has 2 aliphatic rings. The van der Waals surface area contributed by atoms with Crippen molar-refractivity contribution in [3.05, 3.63) is 0 Å². The van der Waals surface area contributed by atoms with E-state index in [0.717, 1.165) is 19.3 Å². The minimum Gasteiger partial charge on any atom is -0.465 e. The van der Waals surface area contributed by atoms with Gasteiger partial charge in [0.1, 0.15) is 0 Å². The number of hydrogen-bond acceptors (Lipinski definition) is 4. The lowest BCUT2D eigenvalue weighted by Gasteiger charge is -2.35. The number of ether oxygens (including phenoxy) is 2. The van der Waals surface area contributed by atoms with E-state index in [1.807, 2.05) is 0 Å². The highest BCUT2D eigenvalue weighted by Gasteiger charge is 2.57. The Morgan fingerprint density at radius 1 is 1.05 bits per heavy atom. The Balaban J connectivity index is 2.23.